The maximum absolute atomic E-state index is 14.1. The molecular weight excluding hydrogens is 449 g/mol. The van der Waals surface area contributed by atoms with E-state index >= 15 is 0 Å². The topological polar surface area (TPSA) is 71.7 Å². The van der Waals surface area contributed by atoms with Crippen LogP contribution in [0.25, 0.3) is 10.2 Å². The Kier molecular flexibility index (Phi) is 7.32. The van der Waals surface area contributed by atoms with Crippen LogP contribution in [0.2, 0.25) is 0 Å². The maximum Gasteiger partial charge on any atom is 0.279 e. The highest BCUT2D eigenvalue weighted by Crippen LogP contribution is 2.21. The summed E-state index contributed by atoms with van der Waals surface area (Å²) in [6, 6.07) is 10.6. The lowest BCUT2D eigenvalue weighted by Gasteiger charge is -2.25. The molecule has 0 N–H and O–H groups in total. The fraction of sp³-hybridized carbons (Fsp3) is 0.391. The number of sulfonamides is 1. The van der Waals surface area contributed by atoms with Crippen LogP contribution < -0.4 is 4.80 Å². The van der Waals surface area contributed by atoms with Gasteiger partial charge in [-0.15, -0.1) is 0 Å². The molecule has 0 aliphatic rings. The van der Waals surface area contributed by atoms with E-state index in [-0.39, 0.29) is 28.1 Å². The summed E-state index contributed by atoms with van der Waals surface area (Å²) in [7, 11) is -2.02. The molecule has 3 rings (SSSR count). The minimum atomic E-state index is -3.67. The first kappa shape index (κ1) is 24.3. The standard InChI is InChI=1S/C23H28FN3O3S2/c1-15(2)13-27(14-16(3)4)32(29,30)18-11-9-17(10-12-18)22(28)25-23-26(5)21-19(24)7-6-8-20(21)31-23/h6-12,15-16H,13-14H2,1-5H3. The zero-order valence-electron chi connectivity index (χ0n) is 18.9. The number of halogens is 1. The number of thiazole rings is 1. The molecule has 0 spiro atoms. The number of fused-ring (bicyclic) bond motifs is 1. The van der Waals surface area contributed by atoms with Gasteiger partial charge in [0, 0.05) is 25.7 Å². The quantitative estimate of drug-likeness (QED) is 0.506. The second kappa shape index (κ2) is 9.64. The fourth-order valence-corrected chi connectivity index (χ4v) is 6.22. The van der Waals surface area contributed by atoms with Crippen molar-refractivity contribution in [2.45, 2.75) is 32.6 Å². The first-order valence-corrected chi connectivity index (χ1v) is 12.7. The van der Waals surface area contributed by atoms with E-state index in [9.17, 15) is 17.6 Å². The summed E-state index contributed by atoms with van der Waals surface area (Å²) >= 11 is 1.22. The van der Waals surface area contributed by atoms with Crippen LogP contribution in [0.15, 0.2) is 52.4 Å². The number of aryl methyl sites for hydroxylation is 1. The van der Waals surface area contributed by atoms with Gasteiger partial charge < -0.3 is 4.57 Å². The molecule has 6 nitrogen and oxygen atoms in total. The summed E-state index contributed by atoms with van der Waals surface area (Å²) in [5, 5.41) is 0. The van der Waals surface area contributed by atoms with Crippen LogP contribution in [-0.4, -0.2) is 36.3 Å². The first-order valence-electron chi connectivity index (χ1n) is 10.4. The van der Waals surface area contributed by atoms with Gasteiger partial charge in [0.05, 0.1) is 15.1 Å². The molecule has 0 saturated heterocycles. The molecule has 172 valence electrons. The number of hydrogen-bond donors (Lipinski definition) is 0. The van der Waals surface area contributed by atoms with Crippen LogP contribution in [0.1, 0.15) is 38.1 Å². The second-order valence-corrected chi connectivity index (χ2v) is 11.5. The Morgan fingerprint density at radius 2 is 1.66 bits per heavy atom. The van der Waals surface area contributed by atoms with E-state index in [2.05, 4.69) is 4.99 Å². The van der Waals surface area contributed by atoms with Crippen LogP contribution in [0.5, 0.6) is 0 Å². The lowest BCUT2D eigenvalue weighted by Crippen LogP contribution is -2.37. The Balaban J connectivity index is 1.91. The number of hydrogen-bond acceptors (Lipinski definition) is 4. The van der Waals surface area contributed by atoms with Crippen molar-refractivity contribution in [1.29, 1.82) is 0 Å². The molecule has 2 aromatic carbocycles. The minimum Gasteiger partial charge on any atom is -0.317 e. The lowest BCUT2D eigenvalue weighted by atomic mass is 10.2. The van der Waals surface area contributed by atoms with E-state index in [0.717, 1.165) is 0 Å². The maximum atomic E-state index is 14.1. The Bertz CT molecular complexity index is 1280. The third-order valence-electron chi connectivity index (χ3n) is 4.85. The van der Waals surface area contributed by atoms with Gasteiger partial charge in [0.15, 0.2) is 4.80 Å². The molecule has 1 heterocycles. The third kappa shape index (κ3) is 5.16. The molecule has 1 aromatic heterocycles. The van der Waals surface area contributed by atoms with Gasteiger partial charge in [0.25, 0.3) is 5.91 Å². The van der Waals surface area contributed by atoms with Crippen LogP contribution in [0, 0.1) is 17.7 Å². The van der Waals surface area contributed by atoms with Crippen molar-refractivity contribution in [3.8, 4) is 0 Å². The number of carbonyl (C=O) groups excluding carboxylic acids is 1. The summed E-state index contributed by atoms with van der Waals surface area (Å²) in [6.45, 7) is 8.76. The van der Waals surface area contributed by atoms with E-state index in [4.69, 9.17) is 0 Å². The summed E-state index contributed by atoms with van der Waals surface area (Å²) in [4.78, 5) is 17.3. The molecule has 0 saturated carbocycles. The molecule has 1 amide bonds. The van der Waals surface area contributed by atoms with Crippen molar-refractivity contribution in [3.05, 3.63) is 58.6 Å². The molecule has 0 fully saturated rings. The fourth-order valence-electron chi connectivity index (χ4n) is 3.42. The summed E-state index contributed by atoms with van der Waals surface area (Å²) in [6.07, 6.45) is 0. The molecule has 9 heteroatoms. The van der Waals surface area contributed by atoms with Crippen molar-refractivity contribution < 1.29 is 17.6 Å². The number of aromatic nitrogens is 1. The van der Waals surface area contributed by atoms with E-state index in [1.54, 1.807) is 23.7 Å². The van der Waals surface area contributed by atoms with Crippen LogP contribution in [0.3, 0.4) is 0 Å². The van der Waals surface area contributed by atoms with E-state index < -0.39 is 15.9 Å². The molecule has 0 aliphatic heterocycles. The number of para-hydroxylation sites is 1. The molecule has 0 bridgehead atoms. The molecular formula is C23H28FN3O3S2. The van der Waals surface area contributed by atoms with Gasteiger partial charge in [-0.2, -0.15) is 9.30 Å². The zero-order valence-corrected chi connectivity index (χ0v) is 20.5. The van der Waals surface area contributed by atoms with Gasteiger partial charge in [-0.05, 0) is 48.2 Å². The number of nitrogens with zero attached hydrogens (tertiary/aromatic N) is 3. The van der Waals surface area contributed by atoms with E-state index in [0.29, 0.717) is 28.1 Å². The van der Waals surface area contributed by atoms with E-state index in [1.165, 1.54) is 46.0 Å². The van der Waals surface area contributed by atoms with Gasteiger partial charge >= 0.3 is 0 Å². The SMILES string of the molecule is CC(C)CN(CC(C)C)S(=O)(=O)c1ccc(C(=O)N=c2sc3cccc(F)c3n2C)cc1. The zero-order chi connectivity index (χ0) is 23.6. The highest BCUT2D eigenvalue weighted by atomic mass is 32.2. The third-order valence-corrected chi connectivity index (χ3v) is 7.79. The van der Waals surface area contributed by atoms with Gasteiger partial charge in [-0.3, -0.25) is 4.79 Å². The molecule has 3 aromatic rings. The molecule has 0 radical (unpaired) electrons. The Morgan fingerprint density at radius 3 is 2.19 bits per heavy atom. The predicted octanol–water partition coefficient (Wildman–Crippen LogP) is 4.42. The van der Waals surface area contributed by atoms with Crippen molar-refractivity contribution in [1.82, 2.24) is 8.87 Å². The largest absolute Gasteiger partial charge is 0.317 e. The Morgan fingerprint density at radius 1 is 1.06 bits per heavy atom. The van der Waals surface area contributed by atoms with Crippen LogP contribution >= 0.6 is 11.3 Å². The van der Waals surface area contributed by atoms with Crippen LogP contribution in [0.4, 0.5) is 4.39 Å². The van der Waals surface area contributed by atoms with Crippen molar-refractivity contribution in [2.24, 2.45) is 23.9 Å². The van der Waals surface area contributed by atoms with Gasteiger partial charge in [-0.1, -0.05) is 45.1 Å². The minimum absolute atomic E-state index is 0.143. The van der Waals surface area contributed by atoms with Gasteiger partial charge in [0.2, 0.25) is 10.0 Å². The lowest BCUT2D eigenvalue weighted by molar-refractivity contribution is 0.0998. The summed E-state index contributed by atoms with van der Waals surface area (Å²) in [5.74, 6) is -0.514. The first-order chi connectivity index (χ1) is 15.0. The average molecular weight is 478 g/mol. The molecule has 0 aliphatic carbocycles. The smallest absolute Gasteiger partial charge is 0.279 e. The average Bonchev–Trinajstić information content (AvgIpc) is 3.03. The van der Waals surface area contributed by atoms with Crippen LogP contribution in [-0.2, 0) is 17.1 Å². The normalized spacial score (nSPS) is 13.1. The molecule has 0 atom stereocenters. The highest BCUT2D eigenvalue weighted by Gasteiger charge is 2.26. The van der Waals surface area contributed by atoms with Crippen molar-refractivity contribution in [2.75, 3.05) is 13.1 Å². The predicted molar refractivity (Wildman–Crippen MR) is 126 cm³/mol. The number of amides is 1. The number of carbonyl (C=O) groups is 1. The summed E-state index contributed by atoms with van der Waals surface area (Å²) < 4.78 is 44.1. The highest BCUT2D eigenvalue weighted by molar-refractivity contribution is 7.89. The van der Waals surface area contributed by atoms with Crippen molar-refractivity contribution in [3.63, 3.8) is 0 Å². The van der Waals surface area contributed by atoms with Gasteiger partial charge in [0.1, 0.15) is 5.82 Å². The van der Waals surface area contributed by atoms with Crippen molar-refractivity contribution >= 4 is 37.5 Å². The summed E-state index contributed by atoms with van der Waals surface area (Å²) in [5.41, 5.74) is 0.655. The Labute approximate surface area is 192 Å². The second-order valence-electron chi connectivity index (χ2n) is 8.58. The van der Waals surface area contributed by atoms with Gasteiger partial charge in [-0.25, -0.2) is 12.8 Å². The molecule has 0 unspecified atom stereocenters. The number of benzene rings is 2. The van der Waals surface area contributed by atoms with E-state index in [1.807, 2.05) is 27.7 Å². The Hall–Kier alpha value is -2.36. The number of rotatable bonds is 7. The monoisotopic (exact) mass is 477 g/mol. The molecule has 32 heavy (non-hydrogen) atoms.